The van der Waals surface area contributed by atoms with Crippen molar-refractivity contribution in [3.63, 3.8) is 0 Å². The van der Waals surface area contributed by atoms with Crippen LogP contribution in [0.15, 0.2) is 16.2 Å². The molecule has 4 heterocycles. The first-order chi connectivity index (χ1) is 11.7. The summed E-state index contributed by atoms with van der Waals surface area (Å²) in [6.45, 7) is 1.79. The molecule has 0 aromatic carbocycles. The van der Waals surface area contributed by atoms with E-state index in [9.17, 15) is 9.59 Å². The van der Waals surface area contributed by atoms with E-state index in [1.807, 2.05) is 20.7 Å². The van der Waals surface area contributed by atoms with Crippen LogP contribution < -0.4 is 5.56 Å². The number of carbonyl (C=O) groups is 1. The van der Waals surface area contributed by atoms with E-state index in [0.717, 1.165) is 43.7 Å². The van der Waals surface area contributed by atoms with Crippen molar-refractivity contribution in [1.29, 1.82) is 0 Å². The number of amides is 1. The molecule has 1 aliphatic heterocycles. The Bertz CT molecular complexity index is 964. The molecule has 1 fully saturated rings. The minimum absolute atomic E-state index is 0.0457. The molecule has 0 spiro atoms. The molecule has 0 N–H and O–H groups in total. The Labute approximate surface area is 142 Å². The van der Waals surface area contributed by atoms with Gasteiger partial charge in [-0.15, -0.1) is 21.5 Å². The van der Waals surface area contributed by atoms with Gasteiger partial charge in [-0.3, -0.25) is 18.6 Å². The third-order valence-electron chi connectivity index (χ3n) is 4.65. The lowest BCUT2D eigenvalue weighted by Crippen LogP contribution is -2.27. The smallest absolute Gasteiger partial charge is 0.272 e. The standard InChI is InChI=1S/C16H19N5O2S/c1-19-15(23)14-11(7-10-24-14)21-12(17-18-16(19)21)5-4-6-13(22)20-8-2-3-9-20/h7,10H,2-6,8-9H2,1H3. The van der Waals surface area contributed by atoms with E-state index in [1.165, 1.54) is 15.9 Å². The third kappa shape index (κ3) is 2.41. The number of rotatable bonds is 4. The number of hydrogen-bond donors (Lipinski definition) is 0. The van der Waals surface area contributed by atoms with Crippen LogP contribution >= 0.6 is 11.3 Å². The van der Waals surface area contributed by atoms with Gasteiger partial charge in [0.2, 0.25) is 11.7 Å². The second kappa shape index (κ2) is 6.01. The average molecular weight is 345 g/mol. The van der Waals surface area contributed by atoms with Crippen LogP contribution in [0, 0.1) is 0 Å². The predicted octanol–water partition coefficient (Wildman–Crippen LogP) is 1.59. The Balaban J connectivity index is 1.59. The first-order valence-corrected chi connectivity index (χ1v) is 9.13. The van der Waals surface area contributed by atoms with E-state index in [0.29, 0.717) is 23.3 Å². The van der Waals surface area contributed by atoms with Gasteiger partial charge in [-0.05, 0) is 30.7 Å². The number of hydrogen-bond acceptors (Lipinski definition) is 5. The van der Waals surface area contributed by atoms with Gasteiger partial charge in [0.15, 0.2) is 0 Å². The molecular weight excluding hydrogens is 326 g/mol. The lowest BCUT2D eigenvalue weighted by Gasteiger charge is -2.14. The average Bonchev–Trinajstić information content (AvgIpc) is 3.31. The van der Waals surface area contributed by atoms with Gasteiger partial charge in [0, 0.05) is 33.0 Å². The fourth-order valence-corrected chi connectivity index (χ4v) is 4.19. The zero-order valence-corrected chi connectivity index (χ0v) is 14.4. The van der Waals surface area contributed by atoms with Gasteiger partial charge in [0.05, 0.1) is 5.52 Å². The first-order valence-electron chi connectivity index (χ1n) is 8.25. The summed E-state index contributed by atoms with van der Waals surface area (Å²) >= 11 is 1.43. The maximum absolute atomic E-state index is 12.3. The van der Waals surface area contributed by atoms with Crippen LogP contribution in [-0.2, 0) is 18.3 Å². The van der Waals surface area contributed by atoms with Crippen LogP contribution in [0.2, 0.25) is 0 Å². The predicted molar refractivity (Wildman–Crippen MR) is 92.4 cm³/mol. The Hall–Kier alpha value is -2.22. The van der Waals surface area contributed by atoms with Crippen molar-refractivity contribution in [2.45, 2.75) is 32.1 Å². The molecule has 0 aliphatic carbocycles. The van der Waals surface area contributed by atoms with Gasteiger partial charge in [0.1, 0.15) is 10.5 Å². The van der Waals surface area contributed by atoms with Crippen LogP contribution in [-0.4, -0.2) is 43.1 Å². The molecule has 0 unspecified atom stereocenters. The fraction of sp³-hybridized carbons (Fsp3) is 0.500. The molecule has 126 valence electrons. The minimum atomic E-state index is -0.0457. The first kappa shape index (κ1) is 15.3. The molecule has 0 bridgehead atoms. The molecule has 1 amide bonds. The number of likely N-dealkylation sites (tertiary alicyclic amines) is 1. The number of carbonyl (C=O) groups excluding carboxylic acids is 1. The van der Waals surface area contributed by atoms with E-state index in [4.69, 9.17) is 0 Å². The van der Waals surface area contributed by atoms with Gasteiger partial charge in [0.25, 0.3) is 5.56 Å². The van der Waals surface area contributed by atoms with Gasteiger partial charge in [-0.25, -0.2) is 0 Å². The van der Waals surface area contributed by atoms with Crippen molar-refractivity contribution in [3.05, 3.63) is 27.6 Å². The van der Waals surface area contributed by atoms with Crippen molar-refractivity contribution in [1.82, 2.24) is 24.1 Å². The number of fused-ring (bicyclic) bond motifs is 3. The summed E-state index contributed by atoms with van der Waals surface area (Å²) in [6, 6.07) is 1.93. The summed E-state index contributed by atoms with van der Waals surface area (Å²) in [4.78, 5) is 26.4. The Kier molecular flexibility index (Phi) is 3.84. The van der Waals surface area contributed by atoms with Crippen molar-refractivity contribution < 1.29 is 4.79 Å². The quantitative estimate of drug-likeness (QED) is 0.720. The molecule has 1 saturated heterocycles. The zero-order chi connectivity index (χ0) is 16.7. The lowest BCUT2D eigenvalue weighted by atomic mass is 10.2. The van der Waals surface area contributed by atoms with Crippen LogP contribution in [0.3, 0.4) is 0 Å². The number of nitrogens with zero attached hydrogens (tertiary/aromatic N) is 5. The highest BCUT2D eigenvalue weighted by Crippen LogP contribution is 2.20. The molecule has 0 radical (unpaired) electrons. The van der Waals surface area contributed by atoms with E-state index in [2.05, 4.69) is 10.2 Å². The summed E-state index contributed by atoms with van der Waals surface area (Å²) in [5.74, 6) is 1.58. The minimum Gasteiger partial charge on any atom is -0.343 e. The molecule has 1 aliphatic rings. The number of aromatic nitrogens is 4. The summed E-state index contributed by atoms with van der Waals surface area (Å²) in [7, 11) is 1.71. The van der Waals surface area contributed by atoms with Gasteiger partial charge < -0.3 is 4.90 Å². The second-order valence-corrected chi connectivity index (χ2v) is 7.11. The molecule has 7 nitrogen and oxygen atoms in total. The molecule has 8 heteroatoms. The SMILES string of the molecule is Cn1c(=O)c2sccc2n2c(CCCC(=O)N3CCCC3)nnc12. The van der Waals surface area contributed by atoms with E-state index < -0.39 is 0 Å². The zero-order valence-electron chi connectivity index (χ0n) is 13.6. The van der Waals surface area contributed by atoms with Gasteiger partial charge in [-0.1, -0.05) is 0 Å². The molecule has 3 aromatic rings. The Morgan fingerprint density at radius 3 is 2.88 bits per heavy atom. The van der Waals surface area contributed by atoms with Crippen molar-refractivity contribution >= 4 is 33.2 Å². The highest BCUT2D eigenvalue weighted by molar-refractivity contribution is 7.17. The lowest BCUT2D eigenvalue weighted by molar-refractivity contribution is -0.130. The fourth-order valence-electron chi connectivity index (χ4n) is 3.34. The van der Waals surface area contributed by atoms with Crippen molar-refractivity contribution in [3.8, 4) is 0 Å². The van der Waals surface area contributed by atoms with E-state index in [1.54, 1.807) is 7.05 Å². The topological polar surface area (TPSA) is 72.5 Å². The molecule has 0 atom stereocenters. The van der Waals surface area contributed by atoms with Crippen LogP contribution in [0.1, 0.15) is 31.5 Å². The summed E-state index contributed by atoms with van der Waals surface area (Å²) in [5, 5.41) is 10.3. The van der Waals surface area contributed by atoms with Crippen LogP contribution in [0.5, 0.6) is 0 Å². The maximum atomic E-state index is 12.3. The molecule has 3 aromatic heterocycles. The highest BCUT2D eigenvalue weighted by Gasteiger charge is 2.19. The number of aryl methyl sites for hydroxylation is 2. The monoisotopic (exact) mass is 345 g/mol. The van der Waals surface area contributed by atoms with Crippen LogP contribution in [0.25, 0.3) is 16.0 Å². The highest BCUT2D eigenvalue weighted by atomic mass is 32.1. The Morgan fingerprint density at radius 1 is 1.29 bits per heavy atom. The summed E-state index contributed by atoms with van der Waals surface area (Å²) in [5.41, 5.74) is 0.805. The number of thiophene rings is 1. The third-order valence-corrected chi connectivity index (χ3v) is 5.54. The summed E-state index contributed by atoms with van der Waals surface area (Å²) < 4.78 is 4.18. The van der Waals surface area contributed by atoms with Gasteiger partial charge >= 0.3 is 0 Å². The largest absolute Gasteiger partial charge is 0.343 e. The second-order valence-electron chi connectivity index (χ2n) is 6.19. The van der Waals surface area contributed by atoms with E-state index in [-0.39, 0.29) is 11.5 Å². The van der Waals surface area contributed by atoms with Crippen molar-refractivity contribution in [2.75, 3.05) is 13.1 Å². The molecule has 0 saturated carbocycles. The molecular formula is C16H19N5O2S. The van der Waals surface area contributed by atoms with Crippen LogP contribution in [0.4, 0.5) is 0 Å². The normalized spacial score (nSPS) is 15.0. The van der Waals surface area contributed by atoms with Gasteiger partial charge in [-0.2, -0.15) is 0 Å². The Morgan fingerprint density at radius 2 is 2.08 bits per heavy atom. The van der Waals surface area contributed by atoms with Crippen molar-refractivity contribution in [2.24, 2.45) is 7.05 Å². The maximum Gasteiger partial charge on any atom is 0.272 e. The summed E-state index contributed by atoms with van der Waals surface area (Å²) in [6.07, 6.45) is 4.18. The van der Waals surface area contributed by atoms with E-state index >= 15 is 0 Å². The molecule has 24 heavy (non-hydrogen) atoms. The molecule has 4 rings (SSSR count).